The van der Waals surface area contributed by atoms with Crippen LogP contribution in [0.3, 0.4) is 0 Å². The normalized spacial score (nSPS) is 11.1. The smallest absolute Gasteiger partial charge is 0.348 e. The van der Waals surface area contributed by atoms with E-state index < -0.39 is 5.97 Å². The highest BCUT2D eigenvalue weighted by atomic mass is 79.9. The quantitative estimate of drug-likeness (QED) is 0.0885. The standard InChI is InChI=1S/C31H21BrO5/c1-35-24-15-17-28-26(19-24)29(30(37-28)22-7-3-2-4-8-22)31(34)36-25-9-5-6-20(18-25)10-16-27(33)21-11-13-23(32)14-12-21/h2-19H,1H3. The fourth-order valence-corrected chi connectivity index (χ4v) is 4.19. The van der Waals surface area contributed by atoms with Gasteiger partial charge in [0.2, 0.25) is 0 Å². The summed E-state index contributed by atoms with van der Waals surface area (Å²) in [6.07, 6.45) is 3.18. The Morgan fingerprint density at radius 1 is 0.838 bits per heavy atom. The topological polar surface area (TPSA) is 65.7 Å². The van der Waals surface area contributed by atoms with Gasteiger partial charge in [-0.05, 0) is 66.2 Å². The maximum Gasteiger partial charge on any atom is 0.348 e. The summed E-state index contributed by atoms with van der Waals surface area (Å²) in [5, 5.41) is 0.597. The first-order valence-corrected chi connectivity index (χ1v) is 12.3. The minimum atomic E-state index is -0.557. The molecule has 0 aliphatic rings. The van der Waals surface area contributed by atoms with Crippen molar-refractivity contribution >= 4 is 44.7 Å². The number of hydrogen-bond donors (Lipinski definition) is 0. The fourth-order valence-electron chi connectivity index (χ4n) is 3.92. The van der Waals surface area contributed by atoms with E-state index in [1.54, 1.807) is 61.7 Å². The number of halogens is 1. The number of rotatable bonds is 7. The molecule has 0 amide bonds. The molecule has 0 bridgehead atoms. The lowest BCUT2D eigenvalue weighted by molar-refractivity contribution is 0.0736. The summed E-state index contributed by atoms with van der Waals surface area (Å²) in [5.74, 6) is 0.688. The van der Waals surface area contributed by atoms with Gasteiger partial charge < -0.3 is 13.9 Å². The van der Waals surface area contributed by atoms with Crippen LogP contribution < -0.4 is 9.47 Å². The average molecular weight is 553 g/mol. The van der Waals surface area contributed by atoms with E-state index >= 15 is 0 Å². The van der Waals surface area contributed by atoms with E-state index in [1.165, 1.54) is 6.08 Å². The van der Waals surface area contributed by atoms with Crippen LogP contribution in [0.1, 0.15) is 26.3 Å². The number of benzene rings is 4. The van der Waals surface area contributed by atoms with E-state index in [-0.39, 0.29) is 5.78 Å². The highest BCUT2D eigenvalue weighted by molar-refractivity contribution is 9.10. The van der Waals surface area contributed by atoms with E-state index in [0.29, 0.717) is 39.4 Å². The van der Waals surface area contributed by atoms with Crippen LogP contribution >= 0.6 is 15.9 Å². The van der Waals surface area contributed by atoms with Crippen LogP contribution in [0, 0.1) is 0 Å². The van der Waals surface area contributed by atoms with Gasteiger partial charge in [-0.1, -0.05) is 64.5 Å². The molecular formula is C31H21BrO5. The predicted molar refractivity (Wildman–Crippen MR) is 147 cm³/mol. The van der Waals surface area contributed by atoms with Crippen molar-refractivity contribution in [1.82, 2.24) is 0 Å². The van der Waals surface area contributed by atoms with Crippen LogP contribution in [0.15, 0.2) is 112 Å². The summed E-state index contributed by atoms with van der Waals surface area (Å²) < 4.78 is 18.1. The Labute approximate surface area is 222 Å². The molecule has 0 spiro atoms. The van der Waals surface area contributed by atoms with Gasteiger partial charge in [0, 0.05) is 21.0 Å². The Bertz CT molecular complexity index is 1620. The zero-order valence-corrected chi connectivity index (χ0v) is 21.4. The SMILES string of the molecule is COc1ccc2oc(-c3ccccc3)c(C(=O)Oc3cccc(C=CC(=O)c4ccc(Br)cc4)c3)c2c1. The molecule has 5 nitrogen and oxygen atoms in total. The number of hydrogen-bond acceptors (Lipinski definition) is 5. The summed E-state index contributed by atoms with van der Waals surface area (Å²) in [6, 6.07) is 28.8. The number of ether oxygens (including phenoxy) is 2. The number of esters is 1. The van der Waals surface area contributed by atoms with Gasteiger partial charge in [-0.25, -0.2) is 4.79 Å². The molecule has 0 fully saturated rings. The van der Waals surface area contributed by atoms with Gasteiger partial charge in [-0.15, -0.1) is 0 Å². The number of furan rings is 1. The number of allylic oxidation sites excluding steroid dienone is 1. The van der Waals surface area contributed by atoms with Gasteiger partial charge in [0.15, 0.2) is 5.78 Å². The zero-order chi connectivity index (χ0) is 25.8. The Morgan fingerprint density at radius 3 is 2.38 bits per heavy atom. The number of fused-ring (bicyclic) bond motifs is 1. The number of carbonyl (C=O) groups excluding carboxylic acids is 2. The third-order valence-electron chi connectivity index (χ3n) is 5.76. The minimum absolute atomic E-state index is 0.124. The van der Waals surface area contributed by atoms with Crippen LogP contribution in [0.4, 0.5) is 0 Å². The lowest BCUT2D eigenvalue weighted by atomic mass is 10.1. The molecule has 37 heavy (non-hydrogen) atoms. The van der Waals surface area contributed by atoms with Crippen molar-refractivity contribution in [3.63, 3.8) is 0 Å². The molecule has 1 heterocycles. The largest absolute Gasteiger partial charge is 0.497 e. The second-order valence-electron chi connectivity index (χ2n) is 8.20. The van der Waals surface area contributed by atoms with Crippen LogP contribution in [-0.2, 0) is 0 Å². The zero-order valence-electron chi connectivity index (χ0n) is 19.8. The Balaban J connectivity index is 1.44. The maximum absolute atomic E-state index is 13.5. The molecule has 5 aromatic rings. The summed E-state index contributed by atoms with van der Waals surface area (Å²) in [6.45, 7) is 0. The van der Waals surface area contributed by atoms with Crippen LogP contribution in [0.25, 0.3) is 28.4 Å². The molecule has 0 atom stereocenters. The molecule has 0 saturated heterocycles. The molecule has 0 N–H and O–H groups in total. The maximum atomic E-state index is 13.5. The number of methoxy groups -OCH3 is 1. The van der Waals surface area contributed by atoms with Crippen molar-refractivity contribution in [2.75, 3.05) is 7.11 Å². The summed E-state index contributed by atoms with van der Waals surface area (Å²) >= 11 is 3.37. The van der Waals surface area contributed by atoms with E-state index in [0.717, 1.165) is 15.6 Å². The highest BCUT2D eigenvalue weighted by Crippen LogP contribution is 2.36. The van der Waals surface area contributed by atoms with E-state index in [4.69, 9.17) is 13.9 Å². The monoisotopic (exact) mass is 552 g/mol. The number of ketones is 1. The van der Waals surface area contributed by atoms with Crippen molar-refractivity contribution in [3.05, 3.63) is 124 Å². The van der Waals surface area contributed by atoms with Crippen LogP contribution in [0.5, 0.6) is 11.5 Å². The Morgan fingerprint density at radius 2 is 1.62 bits per heavy atom. The summed E-state index contributed by atoms with van der Waals surface area (Å²) in [4.78, 5) is 26.0. The Kier molecular flexibility index (Phi) is 7.01. The molecule has 182 valence electrons. The predicted octanol–water partition coefficient (Wildman–Crippen LogP) is 7.99. The lowest BCUT2D eigenvalue weighted by Crippen LogP contribution is -2.09. The summed E-state index contributed by atoms with van der Waals surface area (Å²) in [5.41, 5.74) is 2.92. The summed E-state index contributed by atoms with van der Waals surface area (Å²) in [7, 11) is 1.57. The minimum Gasteiger partial charge on any atom is -0.497 e. The third kappa shape index (κ3) is 5.39. The first kappa shape index (κ1) is 24.3. The van der Waals surface area contributed by atoms with Gasteiger partial charge in [-0.3, -0.25) is 4.79 Å². The van der Waals surface area contributed by atoms with Crippen molar-refractivity contribution in [1.29, 1.82) is 0 Å². The van der Waals surface area contributed by atoms with E-state index in [2.05, 4.69) is 15.9 Å². The Hall–Kier alpha value is -4.42. The van der Waals surface area contributed by atoms with Gasteiger partial charge in [0.1, 0.15) is 28.4 Å². The third-order valence-corrected chi connectivity index (χ3v) is 6.29. The molecule has 0 radical (unpaired) electrons. The van der Waals surface area contributed by atoms with E-state index in [9.17, 15) is 9.59 Å². The van der Waals surface area contributed by atoms with Gasteiger partial charge in [0.25, 0.3) is 0 Å². The van der Waals surface area contributed by atoms with Gasteiger partial charge >= 0.3 is 5.97 Å². The van der Waals surface area contributed by atoms with Crippen molar-refractivity contribution in [3.8, 4) is 22.8 Å². The van der Waals surface area contributed by atoms with Crippen LogP contribution in [-0.4, -0.2) is 18.9 Å². The first-order valence-electron chi connectivity index (χ1n) is 11.5. The van der Waals surface area contributed by atoms with Gasteiger partial charge in [0.05, 0.1) is 7.11 Å². The molecular weight excluding hydrogens is 532 g/mol. The molecule has 0 aliphatic heterocycles. The van der Waals surface area contributed by atoms with Gasteiger partial charge in [-0.2, -0.15) is 0 Å². The second kappa shape index (κ2) is 10.7. The van der Waals surface area contributed by atoms with Crippen molar-refractivity contribution < 1.29 is 23.5 Å². The molecule has 0 saturated carbocycles. The molecule has 0 unspecified atom stereocenters. The second-order valence-corrected chi connectivity index (χ2v) is 9.12. The van der Waals surface area contributed by atoms with E-state index in [1.807, 2.05) is 48.5 Å². The van der Waals surface area contributed by atoms with Crippen LogP contribution in [0.2, 0.25) is 0 Å². The highest BCUT2D eigenvalue weighted by Gasteiger charge is 2.24. The molecule has 0 aliphatic carbocycles. The molecule has 6 heteroatoms. The fraction of sp³-hybridized carbons (Fsp3) is 0.0323. The molecule has 1 aromatic heterocycles. The lowest BCUT2D eigenvalue weighted by Gasteiger charge is -2.07. The van der Waals surface area contributed by atoms with Crippen molar-refractivity contribution in [2.45, 2.75) is 0 Å². The van der Waals surface area contributed by atoms with Crippen molar-refractivity contribution in [2.24, 2.45) is 0 Å². The number of carbonyl (C=O) groups is 2. The first-order chi connectivity index (χ1) is 18.0. The molecule has 4 aromatic carbocycles. The average Bonchev–Trinajstić information content (AvgIpc) is 3.32. The molecule has 5 rings (SSSR count).